The van der Waals surface area contributed by atoms with E-state index in [0.717, 1.165) is 9.80 Å². The third-order valence-corrected chi connectivity index (χ3v) is 7.46. The van der Waals surface area contributed by atoms with Gasteiger partial charge in [-0.15, -0.1) is 0 Å². The third kappa shape index (κ3) is 3.49. The molecule has 0 fully saturated rings. The molecule has 3 rings (SSSR count). The molecular weight excluding hydrogens is 328 g/mol. The van der Waals surface area contributed by atoms with Crippen LogP contribution in [0.2, 0.25) is 0 Å². The highest BCUT2D eigenvalue weighted by Crippen LogP contribution is 2.53. The minimum atomic E-state index is -0.247. The number of thioether (sulfide) groups is 4. The van der Waals surface area contributed by atoms with Crippen LogP contribution in [-0.4, -0.2) is 5.97 Å². The van der Waals surface area contributed by atoms with Crippen LogP contribution >= 0.6 is 47.0 Å². The van der Waals surface area contributed by atoms with E-state index in [1.54, 1.807) is 35.3 Å². The van der Waals surface area contributed by atoms with E-state index in [1.807, 2.05) is 35.7 Å². The molecular formula is C14H10O2S4. The summed E-state index contributed by atoms with van der Waals surface area (Å²) in [5.41, 5.74) is 1.00. The third-order valence-electron chi connectivity index (χ3n) is 2.46. The lowest BCUT2D eigenvalue weighted by molar-refractivity contribution is -0.139. The second kappa shape index (κ2) is 6.85. The van der Waals surface area contributed by atoms with E-state index in [9.17, 15) is 4.79 Å². The summed E-state index contributed by atoms with van der Waals surface area (Å²) in [5, 5.41) is 5.99. The molecule has 1 aromatic carbocycles. The minimum absolute atomic E-state index is 0.247. The molecule has 0 amide bonds. The van der Waals surface area contributed by atoms with Gasteiger partial charge in [-0.05, 0) is 21.8 Å². The molecule has 20 heavy (non-hydrogen) atoms. The van der Waals surface area contributed by atoms with Gasteiger partial charge in [-0.3, -0.25) is 0 Å². The molecule has 0 spiro atoms. The Labute approximate surface area is 134 Å². The summed E-state index contributed by atoms with van der Waals surface area (Å²) >= 11 is 6.49. The Balaban J connectivity index is 1.55. The summed E-state index contributed by atoms with van der Waals surface area (Å²) in [5.74, 6) is -0.247. The summed E-state index contributed by atoms with van der Waals surface area (Å²) in [6.45, 7) is 0.319. The average molecular weight is 338 g/mol. The largest absolute Gasteiger partial charge is 0.457 e. The number of hydrogen-bond acceptors (Lipinski definition) is 6. The van der Waals surface area contributed by atoms with Gasteiger partial charge in [0.1, 0.15) is 11.5 Å². The zero-order valence-electron chi connectivity index (χ0n) is 10.3. The van der Waals surface area contributed by atoms with Crippen LogP contribution in [0.3, 0.4) is 0 Å². The van der Waals surface area contributed by atoms with Gasteiger partial charge in [-0.1, -0.05) is 77.4 Å². The standard InChI is InChI=1S/C14H10O2S4/c15-12(16-8-10-4-2-1-3-5-10)11-9-19-14(20-11)13-17-6-7-18-13/h1-7,9H,8H2. The molecule has 0 aliphatic carbocycles. The van der Waals surface area contributed by atoms with Gasteiger partial charge in [0, 0.05) is 0 Å². The summed E-state index contributed by atoms with van der Waals surface area (Å²) in [6, 6.07) is 9.71. The van der Waals surface area contributed by atoms with Gasteiger partial charge in [0.15, 0.2) is 0 Å². The van der Waals surface area contributed by atoms with Gasteiger partial charge in [0.25, 0.3) is 0 Å². The van der Waals surface area contributed by atoms with Crippen molar-refractivity contribution in [1.82, 2.24) is 0 Å². The molecule has 1 aromatic rings. The van der Waals surface area contributed by atoms with Crippen LogP contribution in [-0.2, 0) is 16.1 Å². The van der Waals surface area contributed by atoms with Crippen molar-refractivity contribution in [2.45, 2.75) is 6.61 Å². The maximum Gasteiger partial charge on any atom is 0.345 e. The van der Waals surface area contributed by atoms with Crippen molar-refractivity contribution in [3.05, 3.63) is 65.5 Å². The van der Waals surface area contributed by atoms with Gasteiger partial charge in [-0.25, -0.2) is 4.79 Å². The molecule has 2 aliphatic heterocycles. The fourth-order valence-electron chi connectivity index (χ4n) is 1.53. The van der Waals surface area contributed by atoms with Crippen molar-refractivity contribution in [3.8, 4) is 0 Å². The summed E-state index contributed by atoms with van der Waals surface area (Å²) < 4.78 is 7.73. The number of carbonyl (C=O) groups is 1. The monoisotopic (exact) mass is 338 g/mol. The van der Waals surface area contributed by atoms with Crippen LogP contribution in [0.25, 0.3) is 0 Å². The van der Waals surface area contributed by atoms with Crippen molar-refractivity contribution < 1.29 is 9.53 Å². The van der Waals surface area contributed by atoms with Crippen molar-refractivity contribution in [3.63, 3.8) is 0 Å². The first-order chi connectivity index (χ1) is 9.83. The molecule has 2 nitrogen and oxygen atoms in total. The highest BCUT2D eigenvalue weighted by atomic mass is 32.2. The Hall–Kier alpha value is -0.690. The number of hydrogen-bond donors (Lipinski definition) is 0. The maximum absolute atomic E-state index is 12.0. The molecule has 6 heteroatoms. The fourth-order valence-corrected chi connectivity index (χ4v) is 5.86. The topological polar surface area (TPSA) is 26.3 Å². The van der Waals surface area contributed by atoms with Gasteiger partial charge in [0.2, 0.25) is 0 Å². The van der Waals surface area contributed by atoms with E-state index in [-0.39, 0.29) is 5.97 Å². The first kappa shape index (κ1) is 14.3. The van der Waals surface area contributed by atoms with E-state index in [1.165, 1.54) is 16.0 Å². The van der Waals surface area contributed by atoms with E-state index in [0.29, 0.717) is 11.5 Å². The molecule has 0 atom stereocenters. The van der Waals surface area contributed by atoms with Crippen LogP contribution in [0.1, 0.15) is 5.56 Å². The Morgan fingerprint density at radius 1 is 1.00 bits per heavy atom. The summed E-state index contributed by atoms with van der Waals surface area (Å²) in [6.07, 6.45) is 0. The number of esters is 1. The summed E-state index contributed by atoms with van der Waals surface area (Å²) in [7, 11) is 0. The molecule has 0 aromatic heterocycles. The normalized spacial score (nSPS) is 17.5. The van der Waals surface area contributed by atoms with Crippen LogP contribution in [0.15, 0.2) is 59.9 Å². The second-order valence-electron chi connectivity index (χ2n) is 3.85. The molecule has 0 bridgehead atoms. The lowest BCUT2D eigenvalue weighted by Crippen LogP contribution is -2.04. The van der Waals surface area contributed by atoms with E-state index >= 15 is 0 Å². The SMILES string of the molecule is O=C(OCc1ccccc1)C1=CSC(=C2SC=CS2)S1. The smallest absolute Gasteiger partial charge is 0.345 e. The Morgan fingerprint density at radius 2 is 1.75 bits per heavy atom. The van der Waals surface area contributed by atoms with Crippen molar-refractivity contribution in [1.29, 1.82) is 0 Å². The number of carbonyl (C=O) groups excluding carboxylic acids is 1. The molecule has 0 saturated heterocycles. The quantitative estimate of drug-likeness (QED) is 0.709. The zero-order chi connectivity index (χ0) is 13.8. The Morgan fingerprint density at radius 3 is 2.50 bits per heavy atom. The highest BCUT2D eigenvalue weighted by molar-refractivity contribution is 8.33. The van der Waals surface area contributed by atoms with Crippen LogP contribution in [0.5, 0.6) is 0 Å². The predicted octanol–water partition coefficient (Wildman–Crippen LogP) is 5.13. The fraction of sp³-hybridized carbons (Fsp3) is 0.0714. The van der Waals surface area contributed by atoms with Gasteiger partial charge < -0.3 is 4.74 Å². The van der Waals surface area contributed by atoms with Gasteiger partial charge in [0.05, 0.1) is 8.47 Å². The van der Waals surface area contributed by atoms with Gasteiger partial charge in [-0.2, -0.15) is 0 Å². The lowest BCUT2D eigenvalue weighted by Gasteiger charge is -2.05. The van der Waals surface area contributed by atoms with Crippen molar-refractivity contribution in [2.75, 3.05) is 0 Å². The lowest BCUT2D eigenvalue weighted by atomic mass is 10.2. The number of benzene rings is 1. The zero-order valence-corrected chi connectivity index (χ0v) is 13.5. The van der Waals surface area contributed by atoms with Gasteiger partial charge >= 0.3 is 5.97 Å². The Kier molecular flexibility index (Phi) is 4.88. The molecule has 2 heterocycles. The molecule has 0 radical (unpaired) electrons. The first-order valence-electron chi connectivity index (χ1n) is 5.81. The maximum atomic E-state index is 12.0. The first-order valence-corrected chi connectivity index (χ1v) is 9.27. The summed E-state index contributed by atoms with van der Waals surface area (Å²) in [4.78, 5) is 12.7. The van der Waals surface area contributed by atoms with Crippen LogP contribution in [0, 0.1) is 0 Å². The van der Waals surface area contributed by atoms with Crippen LogP contribution < -0.4 is 0 Å². The number of ether oxygens (including phenoxy) is 1. The van der Waals surface area contributed by atoms with E-state index < -0.39 is 0 Å². The Bertz CT molecular complexity index is 595. The average Bonchev–Trinajstić information content (AvgIpc) is 3.16. The highest BCUT2D eigenvalue weighted by Gasteiger charge is 2.23. The van der Waals surface area contributed by atoms with E-state index in [4.69, 9.17) is 4.74 Å². The predicted molar refractivity (Wildman–Crippen MR) is 90.9 cm³/mol. The molecule has 0 N–H and O–H groups in total. The molecule has 102 valence electrons. The second-order valence-corrected chi connectivity index (χ2v) is 8.13. The molecule has 0 unspecified atom stereocenters. The van der Waals surface area contributed by atoms with Crippen LogP contribution in [0.4, 0.5) is 0 Å². The minimum Gasteiger partial charge on any atom is -0.457 e. The number of rotatable bonds is 3. The van der Waals surface area contributed by atoms with Crippen molar-refractivity contribution >= 4 is 53.0 Å². The molecule has 2 aliphatic rings. The van der Waals surface area contributed by atoms with E-state index in [2.05, 4.69) is 10.8 Å². The molecule has 0 saturated carbocycles. The van der Waals surface area contributed by atoms with Crippen molar-refractivity contribution in [2.24, 2.45) is 0 Å².